The molecule has 1 amide bonds. The molecule has 0 saturated carbocycles. The van der Waals surface area contributed by atoms with E-state index >= 15 is 0 Å². The summed E-state index contributed by atoms with van der Waals surface area (Å²) in [6.07, 6.45) is -2.72. The molecular weight excluding hydrogens is 301 g/mol. The second-order valence-electron chi connectivity index (χ2n) is 3.61. The molecule has 1 aromatic heterocycles. The first kappa shape index (κ1) is 14.1. The van der Waals surface area contributed by atoms with Gasteiger partial charge in [-0.3, -0.25) is 4.79 Å². The van der Waals surface area contributed by atoms with Gasteiger partial charge in [-0.05, 0) is 28.9 Å². The molecule has 0 unspecified atom stereocenters. The fourth-order valence-corrected chi connectivity index (χ4v) is 1.92. The van der Waals surface area contributed by atoms with Crippen molar-refractivity contribution in [2.45, 2.75) is 19.6 Å². The lowest BCUT2D eigenvalue weighted by atomic mass is 10.3. The van der Waals surface area contributed by atoms with Crippen molar-refractivity contribution in [3.63, 3.8) is 0 Å². The Kier molecular flexibility index (Phi) is 4.24. The van der Waals surface area contributed by atoms with E-state index in [2.05, 4.69) is 15.9 Å². The zero-order chi connectivity index (χ0) is 13.2. The highest BCUT2D eigenvalue weighted by molar-refractivity contribution is 9.10. The zero-order valence-electron chi connectivity index (χ0n) is 9.38. The lowest BCUT2D eigenvalue weighted by Gasteiger charge is -2.19. The van der Waals surface area contributed by atoms with Gasteiger partial charge in [-0.15, -0.1) is 0 Å². The molecule has 0 aliphatic heterocycles. The highest BCUT2D eigenvalue weighted by Gasteiger charge is 2.32. The number of rotatable bonds is 3. The fraction of sp³-hybridized carbons (Fsp3) is 0.500. The summed E-state index contributed by atoms with van der Waals surface area (Å²) >= 11 is 3.19. The van der Waals surface area contributed by atoms with Gasteiger partial charge in [0.1, 0.15) is 12.2 Å². The number of alkyl halides is 3. The molecule has 1 heterocycles. The van der Waals surface area contributed by atoms with Gasteiger partial charge in [0.25, 0.3) is 5.91 Å². The van der Waals surface area contributed by atoms with Gasteiger partial charge in [-0.2, -0.15) is 13.2 Å². The molecule has 96 valence electrons. The van der Waals surface area contributed by atoms with Crippen molar-refractivity contribution in [2.75, 3.05) is 13.6 Å². The minimum absolute atomic E-state index is 0.242. The second kappa shape index (κ2) is 5.12. The summed E-state index contributed by atoms with van der Waals surface area (Å²) < 4.78 is 38.7. The smallest absolute Gasteiger partial charge is 0.343 e. The largest absolute Gasteiger partial charge is 0.406 e. The van der Waals surface area contributed by atoms with Gasteiger partial charge in [0.05, 0.1) is 0 Å². The van der Waals surface area contributed by atoms with Gasteiger partial charge in [0.15, 0.2) is 0 Å². The highest BCUT2D eigenvalue weighted by atomic mass is 79.9. The number of carbonyl (C=O) groups is 1. The predicted molar refractivity (Wildman–Crippen MR) is 60.8 cm³/mol. The van der Waals surface area contributed by atoms with Crippen molar-refractivity contribution < 1.29 is 18.0 Å². The van der Waals surface area contributed by atoms with E-state index in [9.17, 15) is 18.0 Å². The minimum Gasteiger partial charge on any atom is -0.343 e. The Morgan fingerprint density at radius 2 is 2.12 bits per heavy atom. The first-order valence-electron chi connectivity index (χ1n) is 4.92. The SMILES string of the molecule is CCn1cc(Br)cc1C(=O)N(C)CC(F)(F)F. The van der Waals surface area contributed by atoms with Crippen LogP contribution >= 0.6 is 15.9 Å². The maximum absolute atomic E-state index is 12.2. The monoisotopic (exact) mass is 312 g/mol. The lowest BCUT2D eigenvalue weighted by molar-refractivity contribution is -0.138. The van der Waals surface area contributed by atoms with Gasteiger partial charge >= 0.3 is 6.18 Å². The molecule has 0 N–H and O–H groups in total. The van der Waals surface area contributed by atoms with E-state index in [1.807, 2.05) is 6.92 Å². The summed E-state index contributed by atoms with van der Waals surface area (Å²) in [5, 5.41) is 0. The van der Waals surface area contributed by atoms with Gasteiger partial charge in [0, 0.05) is 24.3 Å². The Balaban J connectivity index is 2.88. The molecule has 0 saturated heterocycles. The molecule has 7 heteroatoms. The van der Waals surface area contributed by atoms with Crippen LogP contribution in [0.15, 0.2) is 16.7 Å². The van der Waals surface area contributed by atoms with Crippen LogP contribution in [0.5, 0.6) is 0 Å². The lowest BCUT2D eigenvalue weighted by Crippen LogP contribution is -2.36. The van der Waals surface area contributed by atoms with Crippen LogP contribution in [0.2, 0.25) is 0 Å². The number of aromatic nitrogens is 1. The third kappa shape index (κ3) is 3.76. The molecule has 0 bridgehead atoms. The second-order valence-corrected chi connectivity index (χ2v) is 4.52. The van der Waals surface area contributed by atoms with Crippen LogP contribution in [-0.2, 0) is 6.54 Å². The zero-order valence-corrected chi connectivity index (χ0v) is 11.0. The van der Waals surface area contributed by atoms with E-state index in [0.717, 1.165) is 7.05 Å². The molecule has 0 aliphatic rings. The van der Waals surface area contributed by atoms with Crippen molar-refractivity contribution in [1.82, 2.24) is 9.47 Å². The number of amides is 1. The Labute approximate surface area is 105 Å². The molecule has 0 aliphatic carbocycles. The topological polar surface area (TPSA) is 25.2 Å². The molecule has 1 rings (SSSR count). The molecule has 0 atom stereocenters. The number of halogens is 4. The summed E-state index contributed by atoms with van der Waals surface area (Å²) in [5.74, 6) is -0.644. The molecule has 3 nitrogen and oxygen atoms in total. The first-order valence-corrected chi connectivity index (χ1v) is 5.71. The van der Waals surface area contributed by atoms with E-state index in [0.29, 0.717) is 15.9 Å². The van der Waals surface area contributed by atoms with Crippen LogP contribution < -0.4 is 0 Å². The van der Waals surface area contributed by atoms with Gasteiger partial charge in [0.2, 0.25) is 0 Å². The predicted octanol–water partition coefficient (Wildman–Crippen LogP) is 2.90. The molecule has 1 aromatic rings. The van der Waals surface area contributed by atoms with E-state index in [-0.39, 0.29) is 5.69 Å². The first-order chi connectivity index (χ1) is 7.74. The van der Waals surface area contributed by atoms with Gasteiger partial charge < -0.3 is 9.47 Å². The maximum atomic E-state index is 12.2. The number of hydrogen-bond acceptors (Lipinski definition) is 1. The Morgan fingerprint density at radius 1 is 1.53 bits per heavy atom. The van der Waals surface area contributed by atoms with E-state index < -0.39 is 18.6 Å². The molecule has 0 spiro atoms. The van der Waals surface area contributed by atoms with Crippen LogP contribution in [0.1, 0.15) is 17.4 Å². The van der Waals surface area contributed by atoms with E-state index in [1.54, 1.807) is 10.8 Å². The van der Waals surface area contributed by atoms with Gasteiger partial charge in [-0.1, -0.05) is 0 Å². The van der Waals surface area contributed by atoms with Crippen molar-refractivity contribution >= 4 is 21.8 Å². The number of nitrogens with zero attached hydrogens (tertiary/aromatic N) is 2. The van der Waals surface area contributed by atoms with Crippen molar-refractivity contribution in [3.8, 4) is 0 Å². The average Bonchev–Trinajstić information content (AvgIpc) is 2.55. The number of carbonyl (C=O) groups excluding carboxylic acids is 1. The summed E-state index contributed by atoms with van der Waals surface area (Å²) in [6, 6.07) is 1.51. The maximum Gasteiger partial charge on any atom is 0.406 e. The summed E-state index contributed by atoms with van der Waals surface area (Å²) in [4.78, 5) is 12.5. The summed E-state index contributed by atoms with van der Waals surface area (Å²) in [5.41, 5.74) is 0.242. The van der Waals surface area contributed by atoms with Crippen molar-refractivity contribution in [2.24, 2.45) is 0 Å². The number of hydrogen-bond donors (Lipinski definition) is 0. The molecule has 0 aromatic carbocycles. The van der Waals surface area contributed by atoms with Crippen molar-refractivity contribution in [3.05, 3.63) is 22.4 Å². The summed E-state index contributed by atoms with van der Waals surface area (Å²) in [7, 11) is 1.14. The molecule has 0 fully saturated rings. The van der Waals surface area contributed by atoms with Crippen LogP contribution in [0.4, 0.5) is 13.2 Å². The highest BCUT2D eigenvalue weighted by Crippen LogP contribution is 2.19. The average molecular weight is 313 g/mol. The van der Waals surface area contributed by atoms with Crippen LogP contribution in [0, 0.1) is 0 Å². The molecule has 17 heavy (non-hydrogen) atoms. The third-order valence-corrected chi connectivity index (χ3v) is 2.62. The molecular formula is C10H12BrF3N2O. The Morgan fingerprint density at radius 3 is 2.59 bits per heavy atom. The minimum atomic E-state index is -4.38. The van der Waals surface area contributed by atoms with Crippen LogP contribution in [-0.4, -0.2) is 35.1 Å². The van der Waals surface area contributed by atoms with E-state index in [1.165, 1.54) is 6.07 Å². The standard InChI is InChI=1S/C10H12BrF3N2O/c1-3-16-5-7(11)4-8(16)9(17)15(2)6-10(12,13)14/h4-5H,3,6H2,1-2H3. The third-order valence-electron chi connectivity index (χ3n) is 2.19. The molecule has 0 radical (unpaired) electrons. The Bertz CT molecular complexity index is 414. The van der Waals surface area contributed by atoms with Crippen LogP contribution in [0.25, 0.3) is 0 Å². The van der Waals surface area contributed by atoms with E-state index in [4.69, 9.17) is 0 Å². The quantitative estimate of drug-likeness (QED) is 0.842. The fourth-order valence-electron chi connectivity index (χ4n) is 1.45. The number of aryl methyl sites for hydroxylation is 1. The normalized spacial score (nSPS) is 11.6. The summed E-state index contributed by atoms with van der Waals surface area (Å²) in [6.45, 7) is 1.08. The van der Waals surface area contributed by atoms with Crippen LogP contribution in [0.3, 0.4) is 0 Å². The Hall–Kier alpha value is -0.980. The van der Waals surface area contributed by atoms with Crippen molar-refractivity contribution in [1.29, 1.82) is 0 Å². The van der Waals surface area contributed by atoms with Gasteiger partial charge in [-0.25, -0.2) is 0 Å².